The molecule has 0 aliphatic heterocycles. The number of aromatic nitrogens is 4. The first-order valence-corrected chi connectivity index (χ1v) is 6.84. The van der Waals surface area contributed by atoms with Gasteiger partial charge < -0.3 is 9.88 Å². The van der Waals surface area contributed by atoms with Crippen LogP contribution in [0.15, 0.2) is 18.6 Å². The average molecular weight is 259 g/mol. The zero-order chi connectivity index (χ0) is 13.7. The van der Waals surface area contributed by atoms with E-state index in [-0.39, 0.29) is 0 Å². The molecule has 0 aliphatic carbocycles. The van der Waals surface area contributed by atoms with Gasteiger partial charge in [-0.05, 0) is 12.8 Å². The van der Waals surface area contributed by atoms with E-state index in [0.29, 0.717) is 0 Å². The molecule has 2 aromatic heterocycles. The van der Waals surface area contributed by atoms with Gasteiger partial charge in [0.25, 0.3) is 0 Å². The Hall–Kier alpha value is -1.91. The Kier molecular flexibility index (Phi) is 4.49. The summed E-state index contributed by atoms with van der Waals surface area (Å²) < 4.78 is 2.10. The summed E-state index contributed by atoms with van der Waals surface area (Å²) in [5.41, 5.74) is 2.05. The van der Waals surface area contributed by atoms with Crippen molar-refractivity contribution in [2.45, 2.75) is 39.7 Å². The van der Waals surface area contributed by atoms with Crippen molar-refractivity contribution in [3.05, 3.63) is 24.3 Å². The van der Waals surface area contributed by atoms with E-state index in [1.165, 1.54) is 0 Å². The van der Waals surface area contributed by atoms with E-state index >= 15 is 0 Å². The van der Waals surface area contributed by atoms with Gasteiger partial charge in [0.2, 0.25) is 0 Å². The minimum atomic E-state index is 0.751. The molecule has 0 bridgehead atoms. The Labute approximate surface area is 114 Å². The third-order valence-electron chi connectivity index (χ3n) is 2.95. The summed E-state index contributed by atoms with van der Waals surface area (Å²) in [7, 11) is 1.88. The Morgan fingerprint density at radius 1 is 1.21 bits per heavy atom. The molecule has 0 radical (unpaired) electrons. The van der Waals surface area contributed by atoms with Crippen LogP contribution in [0.5, 0.6) is 0 Å². The highest BCUT2D eigenvalue weighted by molar-refractivity contribution is 5.52. The highest BCUT2D eigenvalue weighted by Crippen LogP contribution is 2.18. The summed E-state index contributed by atoms with van der Waals surface area (Å²) in [6.45, 7) is 5.24. The van der Waals surface area contributed by atoms with Crippen molar-refractivity contribution >= 4 is 5.82 Å². The second-order valence-corrected chi connectivity index (χ2v) is 4.54. The fraction of sp³-hybridized carbons (Fsp3) is 0.500. The predicted molar refractivity (Wildman–Crippen MR) is 77.1 cm³/mol. The molecule has 0 saturated heterocycles. The van der Waals surface area contributed by atoms with Gasteiger partial charge in [0.15, 0.2) is 5.82 Å². The van der Waals surface area contributed by atoms with Crippen LogP contribution in [0.25, 0.3) is 11.5 Å². The van der Waals surface area contributed by atoms with E-state index in [1.807, 2.05) is 25.6 Å². The molecule has 5 nitrogen and oxygen atoms in total. The molecule has 0 amide bonds. The van der Waals surface area contributed by atoms with Gasteiger partial charge in [-0.25, -0.2) is 15.0 Å². The fourth-order valence-electron chi connectivity index (χ4n) is 2.05. The maximum absolute atomic E-state index is 4.64. The van der Waals surface area contributed by atoms with Gasteiger partial charge in [-0.2, -0.15) is 0 Å². The molecule has 0 aromatic carbocycles. The first-order chi connectivity index (χ1) is 9.28. The summed E-state index contributed by atoms with van der Waals surface area (Å²) in [5, 5.41) is 3.10. The van der Waals surface area contributed by atoms with Crippen molar-refractivity contribution in [2.24, 2.45) is 0 Å². The van der Waals surface area contributed by atoms with Crippen LogP contribution in [0.3, 0.4) is 0 Å². The van der Waals surface area contributed by atoms with Crippen LogP contribution in [-0.4, -0.2) is 26.6 Å². The molecule has 102 valence electrons. The smallest absolute Gasteiger partial charge is 0.180 e. The van der Waals surface area contributed by atoms with Crippen LogP contribution >= 0.6 is 0 Å². The summed E-state index contributed by atoms with van der Waals surface area (Å²) in [6.07, 6.45) is 6.78. The number of hydrogen-bond donors (Lipinski definition) is 1. The van der Waals surface area contributed by atoms with Crippen LogP contribution < -0.4 is 5.32 Å². The predicted octanol–water partition coefficient (Wildman–Crippen LogP) is 2.74. The molecule has 2 heterocycles. The topological polar surface area (TPSA) is 55.6 Å². The molecule has 1 N–H and O–H groups in total. The van der Waals surface area contributed by atoms with Crippen LogP contribution in [0.4, 0.5) is 5.82 Å². The van der Waals surface area contributed by atoms with Gasteiger partial charge in [-0.1, -0.05) is 20.3 Å². The second kappa shape index (κ2) is 6.31. The van der Waals surface area contributed by atoms with Crippen molar-refractivity contribution in [2.75, 3.05) is 12.4 Å². The normalized spacial score (nSPS) is 10.7. The van der Waals surface area contributed by atoms with Crippen LogP contribution in [-0.2, 0) is 13.0 Å². The van der Waals surface area contributed by atoms with Crippen LogP contribution in [0.2, 0.25) is 0 Å². The molecule has 5 heteroatoms. The van der Waals surface area contributed by atoms with Gasteiger partial charge in [0.1, 0.15) is 11.5 Å². The maximum atomic E-state index is 4.64. The van der Waals surface area contributed by atoms with E-state index < -0.39 is 0 Å². The average Bonchev–Trinajstić information content (AvgIpc) is 2.87. The lowest BCUT2D eigenvalue weighted by atomic mass is 10.2. The highest BCUT2D eigenvalue weighted by atomic mass is 15.1. The summed E-state index contributed by atoms with van der Waals surface area (Å²) in [5.74, 6) is 1.61. The fourth-order valence-corrected chi connectivity index (χ4v) is 2.05. The molecule has 0 spiro atoms. The first kappa shape index (κ1) is 13.5. The van der Waals surface area contributed by atoms with Crippen molar-refractivity contribution in [3.8, 4) is 11.5 Å². The standard InChI is InChI=1S/C14H21N5/c1-4-6-11-8-13(15-3)18-14(17-11)12-9-16-10-19(12)7-5-2/h8-10H,4-7H2,1-3H3,(H,15,17,18). The zero-order valence-electron chi connectivity index (χ0n) is 11.8. The Morgan fingerprint density at radius 3 is 2.74 bits per heavy atom. The third-order valence-corrected chi connectivity index (χ3v) is 2.95. The molecule has 0 saturated carbocycles. The van der Waals surface area contributed by atoms with Crippen molar-refractivity contribution in [1.82, 2.24) is 19.5 Å². The Morgan fingerprint density at radius 2 is 2.05 bits per heavy atom. The second-order valence-electron chi connectivity index (χ2n) is 4.54. The first-order valence-electron chi connectivity index (χ1n) is 6.84. The lowest BCUT2D eigenvalue weighted by Crippen LogP contribution is -2.04. The van der Waals surface area contributed by atoms with Gasteiger partial charge in [-0.15, -0.1) is 0 Å². The molecule has 0 unspecified atom stereocenters. The lowest BCUT2D eigenvalue weighted by molar-refractivity contribution is 0.681. The lowest BCUT2D eigenvalue weighted by Gasteiger charge is -2.09. The summed E-state index contributed by atoms with van der Waals surface area (Å²) in [6, 6.07) is 2.01. The van der Waals surface area contributed by atoms with Crippen molar-refractivity contribution < 1.29 is 0 Å². The van der Waals surface area contributed by atoms with E-state index in [0.717, 1.165) is 48.8 Å². The molecule has 2 rings (SSSR count). The van der Waals surface area contributed by atoms with Gasteiger partial charge in [0, 0.05) is 25.4 Å². The SMILES string of the molecule is CCCc1cc(NC)nc(-c2cncn2CCC)n1. The van der Waals surface area contributed by atoms with Gasteiger partial charge in [0.05, 0.1) is 12.5 Å². The third kappa shape index (κ3) is 3.10. The van der Waals surface area contributed by atoms with Gasteiger partial charge in [-0.3, -0.25) is 0 Å². The summed E-state index contributed by atoms with van der Waals surface area (Å²) >= 11 is 0. The van der Waals surface area contributed by atoms with Gasteiger partial charge >= 0.3 is 0 Å². The van der Waals surface area contributed by atoms with Crippen molar-refractivity contribution in [1.29, 1.82) is 0 Å². The minimum Gasteiger partial charge on any atom is -0.373 e. The molecule has 19 heavy (non-hydrogen) atoms. The van der Waals surface area contributed by atoms with Crippen LogP contribution in [0.1, 0.15) is 32.4 Å². The molecule has 0 aliphatic rings. The molecule has 0 atom stereocenters. The minimum absolute atomic E-state index is 0.751. The van der Waals surface area contributed by atoms with Crippen LogP contribution in [0, 0.1) is 0 Å². The molecule has 0 fully saturated rings. The van der Waals surface area contributed by atoms with E-state index in [4.69, 9.17) is 0 Å². The monoisotopic (exact) mass is 259 g/mol. The van der Waals surface area contributed by atoms with E-state index in [1.54, 1.807) is 0 Å². The zero-order valence-corrected chi connectivity index (χ0v) is 11.8. The molecular formula is C14H21N5. The number of hydrogen-bond acceptors (Lipinski definition) is 4. The Bertz CT molecular complexity index is 532. The largest absolute Gasteiger partial charge is 0.373 e. The maximum Gasteiger partial charge on any atom is 0.180 e. The number of aryl methyl sites for hydroxylation is 2. The number of nitrogens with one attached hydrogen (secondary N) is 1. The molecular weight excluding hydrogens is 238 g/mol. The highest BCUT2D eigenvalue weighted by Gasteiger charge is 2.10. The van der Waals surface area contributed by atoms with E-state index in [2.05, 4.69) is 38.7 Å². The number of rotatable bonds is 6. The number of nitrogens with zero attached hydrogens (tertiary/aromatic N) is 4. The molecule has 2 aromatic rings. The number of imidazole rings is 1. The quantitative estimate of drug-likeness (QED) is 0.866. The van der Waals surface area contributed by atoms with Crippen molar-refractivity contribution in [3.63, 3.8) is 0 Å². The van der Waals surface area contributed by atoms with E-state index in [9.17, 15) is 0 Å². The Balaban J connectivity index is 2.42. The number of anilines is 1. The summed E-state index contributed by atoms with van der Waals surface area (Å²) in [4.78, 5) is 13.4.